The van der Waals surface area contributed by atoms with Crippen LogP contribution in [0.4, 0.5) is 0 Å². The molecule has 1 atom stereocenters. The van der Waals surface area contributed by atoms with Crippen molar-refractivity contribution in [3.63, 3.8) is 0 Å². The molecular weight excluding hydrogens is 264 g/mol. The van der Waals surface area contributed by atoms with Gasteiger partial charge in [0.1, 0.15) is 5.75 Å². The van der Waals surface area contributed by atoms with Gasteiger partial charge in [-0.15, -0.1) is 0 Å². The van der Waals surface area contributed by atoms with Crippen molar-refractivity contribution in [3.05, 3.63) is 29.8 Å². The molecule has 0 aromatic heterocycles. The predicted molar refractivity (Wildman–Crippen MR) is 86.9 cm³/mol. The second-order valence-corrected chi connectivity index (χ2v) is 5.80. The Morgan fingerprint density at radius 3 is 2.52 bits per heavy atom. The molecule has 0 aliphatic rings. The molecule has 118 valence electrons. The van der Waals surface area contributed by atoms with Crippen LogP contribution < -0.4 is 10.1 Å². The van der Waals surface area contributed by atoms with Crippen LogP contribution >= 0.6 is 0 Å². The van der Waals surface area contributed by atoms with Gasteiger partial charge in [-0.25, -0.2) is 0 Å². The summed E-state index contributed by atoms with van der Waals surface area (Å²) in [6, 6.07) is 7.34. The number of hydrogen-bond donors (Lipinski definition) is 1. The fourth-order valence-electron chi connectivity index (χ4n) is 2.09. The fourth-order valence-corrected chi connectivity index (χ4v) is 2.09. The number of amides is 1. The van der Waals surface area contributed by atoms with E-state index in [9.17, 15) is 4.79 Å². The van der Waals surface area contributed by atoms with Crippen LogP contribution in [0, 0.1) is 5.92 Å². The maximum Gasteiger partial charge on any atom is 0.251 e. The van der Waals surface area contributed by atoms with E-state index in [1.54, 1.807) is 0 Å². The third-order valence-electron chi connectivity index (χ3n) is 3.17. The number of hydrogen-bond acceptors (Lipinski definition) is 3. The standard InChI is InChI=1S/C17H28N2O2/c1-5-6-11-21-16-9-7-15(8-10-16)17(20)18-12-14(2)13-19(3)4/h7-10,14H,5-6,11-13H2,1-4H3,(H,18,20). The molecule has 0 saturated carbocycles. The topological polar surface area (TPSA) is 41.6 Å². The summed E-state index contributed by atoms with van der Waals surface area (Å²) in [4.78, 5) is 14.2. The molecule has 4 nitrogen and oxygen atoms in total. The van der Waals surface area contributed by atoms with Crippen LogP contribution in [0.1, 0.15) is 37.0 Å². The Hall–Kier alpha value is -1.55. The summed E-state index contributed by atoms with van der Waals surface area (Å²) in [6.07, 6.45) is 2.16. The van der Waals surface area contributed by atoms with Gasteiger partial charge in [0.25, 0.3) is 5.91 Å². The third-order valence-corrected chi connectivity index (χ3v) is 3.17. The molecule has 1 rings (SSSR count). The normalized spacial score (nSPS) is 12.2. The van der Waals surface area contributed by atoms with Crippen LogP contribution in [-0.4, -0.2) is 44.6 Å². The van der Waals surface area contributed by atoms with Gasteiger partial charge < -0.3 is 15.0 Å². The van der Waals surface area contributed by atoms with Crippen molar-refractivity contribution >= 4 is 5.91 Å². The van der Waals surface area contributed by atoms with Gasteiger partial charge >= 0.3 is 0 Å². The number of unbranched alkanes of at least 4 members (excludes halogenated alkanes) is 1. The predicted octanol–water partition coefficient (Wildman–Crippen LogP) is 2.79. The van der Waals surface area contributed by atoms with E-state index in [4.69, 9.17) is 4.74 Å². The van der Waals surface area contributed by atoms with E-state index in [0.29, 0.717) is 18.0 Å². The van der Waals surface area contributed by atoms with E-state index < -0.39 is 0 Å². The number of nitrogens with one attached hydrogen (secondary N) is 1. The zero-order valence-electron chi connectivity index (χ0n) is 13.7. The van der Waals surface area contributed by atoms with Crippen LogP contribution in [-0.2, 0) is 0 Å². The minimum absolute atomic E-state index is 0.0271. The monoisotopic (exact) mass is 292 g/mol. The summed E-state index contributed by atoms with van der Waals surface area (Å²) in [5.41, 5.74) is 0.676. The molecule has 1 amide bonds. The number of ether oxygens (including phenoxy) is 1. The van der Waals surface area contributed by atoms with Crippen LogP contribution in [0.5, 0.6) is 5.75 Å². The van der Waals surface area contributed by atoms with Gasteiger partial charge in [-0.3, -0.25) is 4.79 Å². The van der Waals surface area contributed by atoms with Crippen LogP contribution in [0.2, 0.25) is 0 Å². The van der Waals surface area contributed by atoms with Crippen molar-refractivity contribution < 1.29 is 9.53 Å². The Balaban J connectivity index is 2.40. The Labute approximate surface area is 128 Å². The summed E-state index contributed by atoms with van der Waals surface area (Å²) in [5.74, 6) is 1.22. The van der Waals surface area contributed by atoms with E-state index >= 15 is 0 Å². The molecule has 4 heteroatoms. The molecule has 1 aromatic rings. The molecule has 0 aliphatic heterocycles. The van der Waals surface area contributed by atoms with E-state index in [2.05, 4.69) is 24.1 Å². The zero-order valence-corrected chi connectivity index (χ0v) is 13.7. The van der Waals surface area contributed by atoms with Crippen LogP contribution in [0.3, 0.4) is 0 Å². The maximum atomic E-state index is 12.0. The fraction of sp³-hybridized carbons (Fsp3) is 0.588. The summed E-state index contributed by atoms with van der Waals surface area (Å²) in [6.45, 7) is 6.64. The van der Waals surface area contributed by atoms with Gasteiger partial charge in [-0.1, -0.05) is 20.3 Å². The highest BCUT2D eigenvalue weighted by molar-refractivity contribution is 5.94. The highest BCUT2D eigenvalue weighted by atomic mass is 16.5. The number of carbonyl (C=O) groups is 1. The lowest BCUT2D eigenvalue weighted by atomic mass is 10.1. The van der Waals surface area contributed by atoms with E-state index in [1.165, 1.54) is 0 Å². The third kappa shape index (κ3) is 7.14. The smallest absolute Gasteiger partial charge is 0.251 e. The van der Waals surface area contributed by atoms with Crippen molar-refractivity contribution in [2.24, 2.45) is 5.92 Å². The highest BCUT2D eigenvalue weighted by Crippen LogP contribution is 2.12. The molecule has 0 spiro atoms. The maximum absolute atomic E-state index is 12.0. The largest absolute Gasteiger partial charge is 0.494 e. The molecule has 0 aliphatic carbocycles. The van der Waals surface area contributed by atoms with Gasteiger partial charge in [0.05, 0.1) is 6.61 Å². The lowest BCUT2D eigenvalue weighted by Crippen LogP contribution is -2.32. The summed E-state index contributed by atoms with van der Waals surface area (Å²) < 4.78 is 5.59. The molecule has 21 heavy (non-hydrogen) atoms. The molecule has 1 unspecified atom stereocenters. The molecule has 0 heterocycles. The molecule has 0 bridgehead atoms. The minimum Gasteiger partial charge on any atom is -0.494 e. The number of rotatable bonds is 9. The summed E-state index contributed by atoms with van der Waals surface area (Å²) in [7, 11) is 4.07. The zero-order chi connectivity index (χ0) is 15.7. The first kappa shape index (κ1) is 17.5. The van der Waals surface area contributed by atoms with Gasteiger partial charge in [0.2, 0.25) is 0 Å². The number of carbonyl (C=O) groups excluding carboxylic acids is 1. The number of nitrogens with zero attached hydrogens (tertiary/aromatic N) is 1. The minimum atomic E-state index is -0.0271. The van der Waals surface area contributed by atoms with Gasteiger partial charge in [0.15, 0.2) is 0 Å². The molecule has 0 radical (unpaired) electrons. The van der Waals surface area contributed by atoms with Crippen molar-refractivity contribution in [3.8, 4) is 5.75 Å². The second kappa shape index (κ2) is 9.40. The SMILES string of the molecule is CCCCOc1ccc(C(=O)NCC(C)CN(C)C)cc1. The Kier molecular flexibility index (Phi) is 7.83. The molecule has 1 N–H and O–H groups in total. The lowest BCUT2D eigenvalue weighted by Gasteiger charge is -2.17. The van der Waals surface area contributed by atoms with E-state index in [-0.39, 0.29) is 5.91 Å². The van der Waals surface area contributed by atoms with Crippen LogP contribution in [0.15, 0.2) is 24.3 Å². The van der Waals surface area contributed by atoms with Crippen LogP contribution in [0.25, 0.3) is 0 Å². The Morgan fingerprint density at radius 2 is 1.95 bits per heavy atom. The highest BCUT2D eigenvalue weighted by Gasteiger charge is 2.08. The summed E-state index contributed by atoms with van der Waals surface area (Å²) in [5, 5.41) is 2.97. The second-order valence-electron chi connectivity index (χ2n) is 5.80. The first-order chi connectivity index (χ1) is 10.0. The molecular formula is C17H28N2O2. The Bertz CT molecular complexity index is 415. The molecule has 0 fully saturated rings. The van der Waals surface area contributed by atoms with Crippen molar-refractivity contribution in [2.45, 2.75) is 26.7 Å². The van der Waals surface area contributed by atoms with E-state index in [1.807, 2.05) is 38.4 Å². The Morgan fingerprint density at radius 1 is 1.29 bits per heavy atom. The average molecular weight is 292 g/mol. The van der Waals surface area contributed by atoms with Crippen molar-refractivity contribution in [1.29, 1.82) is 0 Å². The molecule has 0 saturated heterocycles. The van der Waals surface area contributed by atoms with Gasteiger partial charge in [-0.05, 0) is 50.7 Å². The molecule has 1 aromatic carbocycles. The van der Waals surface area contributed by atoms with E-state index in [0.717, 1.165) is 31.7 Å². The lowest BCUT2D eigenvalue weighted by molar-refractivity contribution is 0.0946. The number of benzene rings is 1. The summed E-state index contributed by atoms with van der Waals surface area (Å²) >= 11 is 0. The van der Waals surface area contributed by atoms with Gasteiger partial charge in [0, 0.05) is 18.7 Å². The average Bonchev–Trinajstić information content (AvgIpc) is 2.45. The van der Waals surface area contributed by atoms with Crippen molar-refractivity contribution in [2.75, 3.05) is 33.8 Å². The first-order valence-electron chi connectivity index (χ1n) is 7.68. The van der Waals surface area contributed by atoms with Crippen molar-refractivity contribution in [1.82, 2.24) is 10.2 Å². The van der Waals surface area contributed by atoms with Gasteiger partial charge in [-0.2, -0.15) is 0 Å². The quantitative estimate of drug-likeness (QED) is 0.712. The first-order valence-corrected chi connectivity index (χ1v) is 7.68.